The highest BCUT2D eigenvalue weighted by atomic mass is 32.1. The second-order valence-corrected chi connectivity index (χ2v) is 7.90. The van der Waals surface area contributed by atoms with Crippen LogP contribution >= 0.6 is 11.3 Å². The van der Waals surface area contributed by atoms with Gasteiger partial charge in [-0.3, -0.25) is 4.79 Å². The molecule has 1 fully saturated rings. The Hall–Kier alpha value is -2.40. The number of nitrogens with zero attached hydrogens (tertiary/aromatic N) is 1. The Bertz CT molecular complexity index is 880. The fourth-order valence-corrected chi connectivity index (χ4v) is 4.19. The molecule has 4 rings (SSSR count). The molecule has 4 nitrogen and oxygen atoms in total. The van der Waals surface area contributed by atoms with Crippen LogP contribution < -0.4 is 5.32 Å². The molecule has 0 radical (unpaired) electrons. The predicted octanol–water partition coefficient (Wildman–Crippen LogP) is 4.49. The summed E-state index contributed by atoms with van der Waals surface area (Å²) in [7, 11) is 0. The molecule has 0 spiro atoms. The SMILES string of the molecule is Cc1oc(-c2cccs2)nc1CC(=O)NCC1(c2ccccc2)CCC1. The predicted molar refractivity (Wildman–Crippen MR) is 103 cm³/mol. The van der Waals surface area contributed by atoms with Gasteiger partial charge in [0.1, 0.15) is 5.76 Å². The van der Waals surface area contributed by atoms with E-state index in [-0.39, 0.29) is 17.7 Å². The lowest BCUT2D eigenvalue weighted by atomic mass is 9.64. The topological polar surface area (TPSA) is 55.1 Å². The second-order valence-electron chi connectivity index (χ2n) is 6.95. The van der Waals surface area contributed by atoms with Gasteiger partial charge >= 0.3 is 0 Å². The van der Waals surface area contributed by atoms with Gasteiger partial charge in [-0.1, -0.05) is 42.8 Å². The van der Waals surface area contributed by atoms with Gasteiger partial charge in [0.25, 0.3) is 0 Å². The molecule has 0 atom stereocenters. The number of amides is 1. The third-order valence-corrected chi connectivity index (χ3v) is 6.13. The van der Waals surface area contributed by atoms with E-state index in [2.05, 4.69) is 34.6 Å². The van der Waals surface area contributed by atoms with Gasteiger partial charge in [-0.05, 0) is 36.8 Å². The van der Waals surface area contributed by atoms with Crippen molar-refractivity contribution in [3.63, 3.8) is 0 Å². The summed E-state index contributed by atoms with van der Waals surface area (Å²) in [4.78, 5) is 18.0. The first-order valence-corrected chi connectivity index (χ1v) is 9.87. The molecule has 3 aromatic rings. The molecular weight excluding hydrogens is 344 g/mol. The summed E-state index contributed by atoms with van der Waals surface area (Å²) in [5.41, 5.74) is 2.13. The number of carbonyl (C=O) groups is 1. The van der Waals surface area contributed by atoms with Gasteiger partial charge in [-0.15, -0.1) is 11.3 Å². The number of aromatic nitrogens is 1. The zero-order chi connectivity index (χ0) is 18.0. The third kappa shape index (κ3) is 3.31. The molecule has 2 aromatic heterocycles. The number of hydrogen-bond donors (Lipinski definition) is 1. The summed E-state index contributed by atoms with van der Waals surface area (Å²) in [5, 5.41) is 5.11. The number of carbonyl (C=O) groups excluding carboxylic acids is 1. The van der Waals surface area contributed by atoms with Crippen LogP contribution in [0.4, 0.5) is 0 Å². The van der Waals surface area contributed by atoms with Crippen molar-refractivity contribution in [3.8, 4) is 10.8 Å². The first kappa shape index (κ1) is 17.0. The van der Waals surface area contributed by atoms with Crippen molar-refractivity contribution in [2.45, 2.75) is 38.0 Å². The van der Waals surface area contributed by atoms with Gasteiger partial charge in [-0.25, -0.2) is 4.98 Å². The molecular formula is C21H22N2O2S. The highest BCUT2D eigenvalue weighted by molar-refractivity contribution is 7.13. The summed E-state index contributed by atoms with van der Waals surface area (Å²) in [6.45, 7) is 2.55. The van der Waals surface area contributed by atoms with Crippen LogP contribution in [0.25, 0.3) is 10.8 Å². The quantitative estimate of drug-likeness (QED) is 0.699. The van der Waals surface area contributed by atoms with Gasteiger partial charge in [0.2, 0.25) is 11.8 Å². The van der Waals surface area contributed by atoms with Gasteiger partial charge in [0.05, 0.1) is 17.0 Å². The maximum atomic E-state index is 12.5. The normalized spacial score (nSPS) is 15.4. The molecule has 2 heterocycles. The van der Waals surface area contributed by atoms with Crippen molar-refractivity contribution < 1.29 is 9.21 Å². The van der Waals surface area contributed by atoms with Crippen LogP contribution in [0.2, 0.25) is 0 Å². The van der Waals surface area contributed by atoms with Crippen LogP contribution in [0.5, 0.6) is 0 Å². The molecule has 0 bridgehead atoms. The number of benzene rings is 1. The van der Waals surface area contributed by atoms with Crippen molar-refractivity contribution in [2.24, 2.45) is 0 Å². The number of rotatable bonds is 6. The highest BCUT2D eigenvalue weighted by Gasteiger charge is 2.38. The van der Waals surface area contributed by atoms with E-state index in [1.807, 2.05) is 30.5 Å². The minimum absolute atomic E-state index is 0.00124. The van der Waals surface area contributed by atoms with Crippen LogP contribution in [-0.4, -0.2) is 17.4 Å². The highest BCUT2D eigenvalue weighted by Crippen LogP contribution is 2.43. The summed E-state index contributed by atoms with van der Waals surface area (Å²) in [6, 6.07) is 14.4. The molecule has 0 saturated heterocycles. The van der Waals surface area contributed by atoms with Crippen molar-refractivity contribution >= 4 is 17.2 Å². The fraction of sp³-hybridized carbons (Fsp3) is 0.333. The summed E-state index contributed by atoms with van der Waals surface area (Å²) in [6.07, 6.45) is 3.73. The lowest BCUT2D eigenvalue weighted by molar-refractivity contribution is -0.121. The molecule has 0 aliphatic heterocycles. The standard InChI is InChI=1S/C21H22N2O2S/c1-15-17(23-20(25-15)18-9-5-12-26-18)13-19(24)22-14-21(10-6-11-21)16-7-3-2-4-8-16/h2-5,7-9,12H,6,10-11,13-14H2,1H3,(H,22,24). The van der Waals surface area contributed by atoms with Crippen LogP contribution in [0.1, 0.15) is 36.3 Å². The molecule has 1 N–H and O–H groups in total. The molecule has 1 aliphatic carbocycles. The molecule has 26 heavy (non-hydrogen) atoms. The summed E-state index contributed by atoms with van der Waals surface area (Å²) < 4.78 is 5.73. The minimum Gasteiger partial charge on any atom is -0.440 e. The van der Waals surface area contributed by atoms with Gasteiger partial charge in [0, 0.05) is 12.0 Å². The van der Waals surface area contributed by atoms with Crippen molar-refractivity contribution in [3.05, 3.63) is 64.9 Å². The lowest BCUT2D eigenvalue weighted by Gasteiger charge is -2.42. The molecule has 1 aliphatic rings. The van der Waals surface area contributed by atoms with E-state index in [1.54, 1.807) is 11.3 Å². The van der Waals surface area contributed by atoms with Crippen molar-refractivity contribution in [1.29, 1.82) is 0 Å². The second kappa shape index (κ2) is 7.08. The van der Waals surface area contributed by atoms with E-state index in [0.717, 1.165) is 17.7 Å². The number of nitrogens with one attached hydrogen (secondary N) is 1. The van der Waals surface area contributed by atoms with Crippen molar-refractivity contribution in [2.75, 3.05) is 6.54 Å². The zero-order valence-corrected chi connectivity index (χ0v) is 15.6. The maximum absolute atomic E-state index is 12.5. The largest absolute Gasteiger partial charge is 0.440 e. The Labute approximate surface area is 157 Å². The smallest absolute Gasteiger partial charge is 0.236 e. The molecule has 5 heteroatoms. The first-order chi connectivity index (χ1) is 12.7. The number of hydrogen-bond acceptors (Lipinski definition) is 4. The third-order valence-electron chi connectivity index (χ3n) is 5.27. The first-order valence-electron chi connectivity index (χ1n) is 8.99. The van der Waals surface area contributed by atoms with E-state index >= 15 is 0 Å². The Morgan fingerprint density at radius 2 is 2.04 bits per heavy atom. The Balaban J connectivity index is 1.40. The van der Waals surface area contributed by atoms with E-state index in [0.29, 0.717) is 23.9 Å². The minimum atomic E-state index is 0.00124. The molecule has 134 valence electrons. The van der Waals surface area contributed by atoms with Crippen LogP contribution in [0.3, 0.4) is 0 Å². The number of thiophene rings is 1. The number of oxazole rings is 1. The Kier molecular flexibility index (Phi) is 4.64. The maximum Gasteiger partial charge on any atom is 0.236 e. The molecule has 1 saturated carbocycles. The van der Waals surface area contributed by atoms with Crippen LogP contribution in [0, 0.1) is 6.92 Å². The average Bonchev–Trinajstić information content (AvgIpc) is 3.25. The lowest BCUT2D eigenvalue weighted by Crippen LogP contribution is -2.45. The molecule has 1 aromatic carbocycles. The molecule has 0 unspecified atom stereocenters. The monoisotopic (exact) mass is 366 g/mol. The van der Waals surface area contributed by atoms with Crippen molar-refractivity contribution in [1.82, 2.24) is 10.3 Å². The van der Waals surface area contributed by atoms with E-state index < -0.39 is 0 Å². The molecule has 1 amide bonds. The van der Waals surface area contributed by atoms with Crippen LogP contribution in [-0.2, 0) is 16.6 Å². The number of aryl methyl sites for hydroxylation is 1. The van der Waals surface area contributed by atoms with Gasteiger partial charge < -0.3 is 9.73 Å². The van der Waals surface area contributed by atoms with Gasteiger partial charge in [0.15, 0.2) is 0 Å². The summed E-state index contributed by atoms with van der Waals surface area (Å²) in [5.74, 6) is 1.31. The van der Waals surface area contributed by atoms with E-state index in [1.165, 1.54) is 12.0 Å². The Morgan fingerprint density at radius 3 is 2.69 bits per heavy atom. The summed E-state index contributed by atoms with van der Waals surface area (Å²) >= 11 is 1.58. The zero-order valence-electron chi connectivity index (χ0n) is 14.8. The van der Waals surface area contributed by atoms with Crippen LogP contribution in [0.15, 0.2) is 52.3 Å². The van der Waals surface area contributed by atoms with Gasteiger partial charge in [-0.2, -0.15) is 0 Å². The average molecular weight is 366 g/mol. The Morgan fingerprint density at radius 1 is 1.23 bits per heavy atom. The van der Waals surface area contributed by atoms with E-state index in [9.17, 15) is 4.79 Å². The fourth-order valence-electron chi connectivity index (χ4n) is 3.54. The van der Waals surface area contributed by atoms with E-state index in [4.69, 9.17) is 4.42 Å².